The lowest BCUT2D eigenvalue weighted by Gasteiger charge is -2.14. The molecule has 0 spiro atoms. The van der Waals surface area contributed by atoms with Crippen LogP contribution < -0.4 is 5.73 Å². The SMILES string of the molecule is COC(=O)CC1(CSc2c(Cl)cc(N)cc2Cl)CC1. The minimum absolute atomic E-state index is 0.0474. The van der Waals surface area contributed by atoms with E-state index in [0.717, 1.165) is 23.5 Å². The molecule has 0 aliphatic heterocycles. The van der Waals surface area contributed by atoms with Gasteiger partial charge in [0, 0.05) is 16.3 Å². The van der Waals surface area contributed by atoms with Crippen LogP contribution in [0.1, 0.15) is 19.3 Å². The first-order chi connectivity index (χ1) is 8.96. The third kappa shape index (κ3) is 3.71. The molecule has 19 heavy (non-hydrogen) atoms. The Kier molecular flexibility index (Phi) is 4.54. The van der Waals surface area contributed by atoms with Crippen molar-refractivity contribution < 1.29 is 9.53 Å². The quantitative estimate of drug-likeness (QED) is 0.506. The molecular weight excluding hydrogens is 305 g/mol. The van der Waals surface area contributed by atoms with Crippen molar-refractivity contribution in [1.82, 2.24) is 0 Å². The summed E-state index contributed by atoms with van der Waals surface area (Å²) in [6.45, 7) is 0. The van der Waals surface area contributed by atoms with E-state index in [2.05, 4.69) is 0 Å². The fourth-order valence-electron chi connectivity index (χ4n) is 1.87. The van der Waals surface area contributed by atoms with Crippen molar-refractivity contribution in [1.29, 1.82) is 0 Å². The van der Waals surface area contributed by atoms with E-state index in [0.29, 0.717) is 22.2 Å². The number of hydrogen-bond donors (Lipinski definition) is 1. The molecule has 1 fully saturated rings. The van der Waals surface area contributed by atoms with E-state index < -0.39 is 0 Å². The number of rotatable bonds is 5. The number of methoxy groups -OCH3 is 1. The summed E-state index contributed by atoms with van der Waals surface area (Å²) in [5.74, 6) is 0.651. The maximum Gasteiger partial charge on any atom is 0.306 e. The Morgan fingerprint density at radius 1 is 1.42 bits per heavy atom. The van der Waals surface area contributed by atoms with E-state index in [1.165, 1.54) is 7.11 Å². The second-order valence-electron chi connectivity index (χ2n) is 4.86. The van der Waals surface area contributed by atoms with Crippen molar-refractivity contribution in [2.75, 3.05) is 18.6 Å². The van der Waals surface area contributed by atoms with Crippen molar-refractivity contribution in [3.63, 3.8) is 0 Å². The first kappa shape index (κ1) is 14.8. The molecule has 0 radical (unpaired) electrons. The Morgan fingerprint density at radius 3 is 2.47 bits per heavy atom. The smallest absolute Gasteiger partial charge is 0.306 e. The van der Waals surface area contributed by atoms with E-state index in [-0.39, 0.29) is 11.4 Å². The Hall–Kier alpha value is -0.580. The summed E-state index contributed by atoms with van der Waals surface area (Å²) in [5, 5.41) is 1.12. The number of carbonyl (C=O) groups is 1. The molecule has 1 saturated carbocycles. The fraction of sp³-hybridized carbons (Fsp3) is 0.462. The molecule has 2 N–H and O–H groups in total. The predicted octanol–water partition coefficient (Wildman–Crippen LogP) is 4.01. The lowest BCUT2D eigenvalue weighted by atomic mass is 10.1. The Labute approximate surface area is 126 Å². The van der Waals surface area contributed by atoms with E-state index >= 15 is 0 Å². The van der Waals surface area contributed by atoms with Crippen LogP contribution in [0, 0.1) is 5.41 Å². The number of nitrogens with two attached hydrogens (primary N) is 1. The first-order valence-corrected chi connectivity index (χ1v) is 7.64. The number of benzene rings is 1. The average molecular weight is 320 g/mol. The summed E-state index contributed by atoms with van der Waals surface area (Å²) in [4.78, 5) is 12.2. The van der Waals surface area contributed by atoms with Gasteiger partial charge in [0.15, 0.2) is 0 Å². The summed E-state index contributed by atoms with van der Waals surface area (Å²) in [7, 11) is 1.42. The zero-order chi connectivity index (χ0) is 14.0. The lowest BCUT2D eigenvalue weighted by molar-refractivity contribution is -0.141. The van der Waals surface area contributed by atoms with Crippen LogP contribution in [0.5, 0.6) is 0 Å². The monoisotopic (exact) mass is 319 g/mol. The molecule has 1 aliphatic carbocycles. The number of esters is 1. The average Bonchev–Trinajstić information content (AvgIpc) is 3.07. The molecule has 1 aliphatic rings. The van der Waals surface area contributed by atoms with Gasteiger partial charge in [-0.05, 0) is 30.4 Å². The molecule has 2 rings (SSSR count). The van der Waals surface area contributed by atoms with E-state index in [1.54, 1.807) is 23.9 Å². The summed E-state index contributed by atoms with van der Waals surface area (Å²) in [5.41, 5.74) is 6.27. The zero-order valence-corrected chi connectivity index (χ0v) is 12.9. The van der Waals surface area contributed by atoms with Gasteiger partial charge in [-0.25, -0.2) is 0 Å². The highest BCUT2D eigenvalue weighted by molar-refractivity contribution is 7.99. The third-order valence-electron chi connectivity index (χ3n) is 3.25. The number of hydrogen-bond acceptors (Lipinski definition) is 4. The summed E-state index contributed by atoms with van der Waals surface area (Å²) in [6, 6.07) is 3.38. The van der Waals surface area contributed by atoms with E-state index in [1.807, 2.05) is 0 Å². The molecule has 0 amide bonds. The van der Waals surface area contributed by atoms with Crippen LogP contribution in [-0.4, -0.2) is 18.8 Å². The largest absolute Gasteiger partial charge is 0.469 e. The summed E-state index contributed by atoms with van der Waals surface area (Å²) in [6.07, 6.45) is 2.54. The van der Waals surface area contributed by atoms with Crippen LogP contribution in [0.3, 0.4) is 0 Å². The summed E-state index contributed by atoms with van der Waals surface area (Å²) < 4.78 is 4.72. The minimum atomic E-state index is -0.160. The molecule has 0 saturated heterocycles. The molecule has 0 aromatic heterocycles. The highest BCUT2D eigenvalue weighted by atomic mass is 35.5. The number of anilines is 1. The zero-order valence-electron chi connectivity index (χ0n) is 10.5. The second-order valence-corrected chi connectivity index (χ2v) is 6.66. The number of nitrogen functional groups attached to an aromatic ring is 1. The van der Waals surface area contributed by atoms with Gasteiger partial charge in [-0.2, -0.15) is 0 Å². The van der Waals surface area contributed by atoms with Crippen LogP contribution in [-0.2, 0) is 9.53 Å². The molecule has 1 aromatic carbocycles. The molecule has 0 atom stereocenters. The number of halogens is 2. The van der Waals surface area contributed by atoms with Gasteiger partial charge >= 0.3 is 5.97 Å². The first-order valence-electron chi connectivity index (χ1n) is 5.90. The van der Waals surface area contributed by atoms with Gasteiger partial charge in [0.25, 0.3) is 0 Å². The topological polar surface area (TPSA) is 52.3 Å². The van der Waals surface area contributed by atoms with Crippen LogP contribution in [0.2, 0.25) is 10.0 Å². The van der Waals surface area contributed by atoms with E-state index in [9.17, 15) is 4.79 Å². The van der Waals surface area contributed by atoms with Gasteiger partial charge in [-0.3, -0.25) is 4.79 Å². The van der Waals surface area contributed by atoms with Crippen LogP contribution in [0.4, 0.5) is 5.69 Å². The maximum absolute atomic E-state index is 11.4. The van der Waals surface area contributed by atoms with Crippen LogP contribution in [0.15, 0.2) is 17.0 Å². The van der Waals surface area contributed by atoms with Gasteiger partial charge in [-0.1, -0.05) is 23.2 Å². The lowest BCUT2D eigenvalue weighted by Crippen LogP contribution is -2.13. The molecule has 1 aromatic rings. The molecular formula is C13H15Cl2NO2S. The molecule has 104 valence electrons. The van der Waals surface area contributed by atoms with Gasteiger partial charge < -0.3 is 10.5 Å². The van der Waals surface area contributed by atoms with Gasteiger partial charge in [0.2, 0.25) is 0 Å². The maximum atomic E-state index is 11.4. The van der Waals surface area contributed by atoms with Gasteiger partial charge in [0.05, 0.1) is 23.6 Å². The van der Waals surface area contributed by atoms with Crippen molar-refractivity contribution >= 4 is 46.6 Å². The van der Waals surface area contributed by atoms with Gasteiger partial charge in [-0.15, -0.1) is 11.8 Å². The molecule has 3 nitrogen and oxygen atoms in total. The van der Waals surface area contributed by atoms with Crippen molar-refractivity contribution in [2.45, 2.75) is 24.2 Å². The van der Waals surface area contributed by atoms with Crippen molar-refractivity contribution in [2.24, 2.45) is 5.41 Å². The molecule has 0 heterocycles. The van der Waals surface area contributed by atoms with Crippen LogP contribution >= 0.6 is 35.0 Å². The van der Waals surface area contributed by atoms with Crippen LogP contribution in [0.25, 0.3) is 0 Å². The number of thioether (sulfide) groups is 1. The predicted molar refractivity (Wildman–Crippen MR) is 79.9 cm³/mol. The fourth-order valence-corrected chi connectivity index (χ4v) is 3.94. The Bertz CT molecular complexity index is 480. The second kappa shape index (κ2) is 5.81. The highest BCUT2D eigenvalue weighted by Gasteiger charge is 2.44. The standard InChI is InChI=1S/C13H15Cl2NO2S/c1-18-11(17)6-13(2-3-13)7-19-12-9(14)4-8(16)5-10(12)15/h4-5H,2-3,6-7,16H2,1H3. The van der Waals surface area contributed by atoms with Gasteiger partial charge in [0.1, 0.15) is 0 Å². The Balaban J connectivity index is 2.01. The highest BCUT2D eigenvalue weighted by Crippen LogP contribution is 2.53. The normalized spacial score (nSPS) is 16.2. The number of ether oxygens (including phenoxy) is 1. The molecule has 6 heteroatoms. The Morgan fingerprint density at radius 2 is 2.00 bits per heavy atom. The van der Waals surface area contributed by atoms with Crippen molar-refractivity contribution in [3.8, 4) is 0 Å². The minimum Gasteiger partial charge on any atom is -0.469 e. The third-order valence-corrected chi connectivity index (χ3v) is 5.55. The molecule has 0 unspecified atom stereocenters. The summed E-state index contributed by atoms with van der Waals surface area (Å²) >= 11 is 13.9. The van der Waals surface area contributed by atoms with Crippen molar-refractivity contribution in [3.05, 3.63) is 22.2 Å². The number of carbonyl (C=O) groups excluding carboxylic acids is 1. The molecule has 0 bridgehead atoms. The van der Waals surface area contributed by atoms with E-state index in [4.69, 9.17) is 33.7 Å².